The lowest BCUT2D eigenvalue weighted by molar-refractivity contribution is 0.0651. The normalized spacial score (nSPS) is 14.3. The molecule has 1 aromatic carbocycles. The van der Waals surface area contributed by atoms with Gasteiger partial charge in [0.15, 0.2) is 0 Å². The number of benzene rings is 1. The van der Waals surface area contributed by atoms with Crippen LogP contribution in [0.1, 0.15) is 69.4 Å². The van der Waals surface area contributed by atoms with Gasteiger partial charge in [-0.25, -0.2) is 0 Å². The minimum atomic E-state index is -0.317. The van der Waals surface area contributed by atoms with E-state index in [4.69, 9.17) is 0 Å². The van der Waals surface area contributed by atoms with Crippen LogP contribution < -0.4 is 0 Å². The van der Waals surface area contributed by atoms with Crippen LogP contribution in [0.3, 0.4) is 0 Å². The van der Waals surface area contributed by atoms with Crippen LogP contribution in [0.2, 0.25) is 0 Å². The number of unbranched alkanes of at least 4 members (excludes halogenated alkanes) is 1. The van der Waals surface area contributed by atoms with Crippen molar-refractivity contribution >= 4 is 17.7 Å². The highest BCUT2D eigenvalue weighted by atomic mass is 16.2. The number of hydrogen-bond donors (Lipinski definition) is 0. The Kier molecular flexibility index (Phi) is 5.35. The summed E-state index contributed by atoms with van der Waals surface area (Å²) in [5.41, 5.74) is 2.05. The van der Waals surface area contributed by atoms with E-state index < -0.39 is 0 Å². The molecule has 6 heteroatoms. The molecule has 1 aromatic heterocycles. The van der Waals surface area contributed by atoms with Crippen molar-refractivity contribution in [2.75, 3.05) is 13.6 Å². The number of carbonyl (C=O) groups excluding carboxylic acids is 3. The zero-order chi connectivity index (χ0) is 19.6. The van der Waals surface area contributed by atoms with Crippen LogP contribution in [0.25, 0.3) is 0 Å². The number of hydrogen-bond acceptors (Lipinski definition) is 4. The highest BCUT2D eigenvalue weighted by Gasteiger charge is 2.35. The third-order valence-corrected chi connectivity index (χ3v) is 5.04. The Morgan fingerprint density at radius 1 is 1.11 bits per heavy atom. The first-order valence-corrected chi connectivity index (χ1v) is 9.13. The van der Waals surface area contributed by atoms with Gasteiger partial charge in [-0.05, 0) is 49.2 Å². The molecule has 27 heavy (non-hydrogen) atoms. The predicted octanol–water partition coefficient (Wildman–Crippen LogP) is 3.31. The summed E-state index contributed by atoms with van der Waals surface area (Å²) in [6.45, 7) is 4.35. The quantitative estimate of drug-likeness (QED) is 0.737. The second-order valence-electron chi connectivity index (χ2n) is 6.75. The molecule has 140 valence electrons. The van der Waals surface area contributed by atoms with Crippen LogP contribution in [0.5, 0.6) is 0 Å². The summed E-state index contributed by atoms with van der Waals surface area (Å²) in [6.07, 6.45) is 5.04. The Hall–Kier alpha value is -3.02. The zero-order valence-corrected chi connectivity index (χ0v) is 15.8. The maximum atomic E-state index is 12.9. The van der Waals surface area contributed by atoms with Crippen LogP contribution in [0, 0.1) is 0 Å². The van der Waals surface area contributed by atoms with Gasteiger partial charge in [0, 0.05) is 31.5 Å². The molecular weight excluding hydrogens is 342 g/mol. The molecule has 3 rings (SSSR count). The fourth-order valence-corrected chi connectivity index (χ4v) is 3.19. The van der Waals surface area contributed by atoms with Crippen molar-refractivity contribution in [2.24, 2.45) is 0 Å². The molecule has 1 unspecified atom stereocenters. The molecule has 1 aliphatic heterocycles. The number of fused-ring (bicyclic) bond motifs is 1. The zero-order valence-electron chi connectivity index (χ0n) is 15.8. The van der Waals surface area contributed by atoms with Crippen LogP contribution in [-0.4, -0.2) is 46.1 Å². The minimum Gasteiger partial charge on any atom is -0.335 e. The summed E-state index contributed by atoms with van der Waals surface area (Å²) in [6, 6.07) is 8.33. The van der Waals surface area contributed by atoms with Crippen LogP contribution in [0.4, 0.5) is 0 Å². The van der Waals surface area contributed by atoms with E-state index in [2.05, 4.69) is 4.98 Å². The highest BCUT2D eigenvalue weighted by molar-refractivity contribution is 6.22. The topological polar surface area (TPSA) is 70.6 Å². The van der Waals surface area contributed by atoms with Crippen molar-refractivity contribution in [1.29, 1.82) is 0 Å². The number of pyridine rings is 1. The van der Waals surface area contributed by atoms with Crippen LogP contribution >= 0.6 is 0 Å². The molecular formula is C21H23N3O3. The van der Waals surface area contributed by atoms with Crippen molar-refractivity contribution < 1.29 is 14.4 Å². The first kappa shape index (κ1) is 18.8. The third-order valence-electron chi connectivity index (χ3n) is 5.04. The first-order chi connectivity index (χ1) is 13.0. The molecule has 0 saturated heterocycles. The SMILES string of the molecule is CCCCN1C(=O)c2ccc(C(=O)N(C)C(C)c3ccncc3)cc2C1=O. The van der Waals surface area contributed by atoms with Gasteiger partial charge >= 0.3 is 0 Å². The van der Waals surface area contributed by atoms with E-state index in [9.17, 15) is 14.4 Å². The Morgan fingerprint density at radius 2 is 1.78 bits per heavy atom. The third kappa shape index (κ3) is 3.47. The number of rotatable bonds is 6. The minimum absolute atomic E-state index is 0.146. The van der Waals surface area contributed by atoms with E-state index in [1.165, 1.54) is 4.90 Å². The molecule has 0 fully saturated rings. The highest BCUT2D eigenvalue weighted by Crippen LogP contribution is 2.26. The number of imide groups is 1. The van der Waals surface area contributed by atoms with Crippen LogP contribution in [-0.2, 0) is 0 Å². The van der Waals surface area contributed by atoms with Gasteiger partial charge in [0.25, 0.3) is 17.7 Å². The Morgan fingerprint density at radius 3 is 2.44 bits per heavy atom. The smallest absolute Gasteiger partial charge is 0.261 e. The van der Waals surface area contributed by atoms with Gasteiger partial charge in [-0.1, -0.05) is 13.3 Å². The average molecular weight is 365 g/mol. The van der Waals surface area contributed by atoms with Crippen molar-refractivity contribution in [1.82, 2.24) is 14.8 Å². The second kappa shape index (κ2) is 7.70. The molecule has 3 amide bonds. The van der Waals surface area contributed by atoms with Gasteiger partial charge in [0.05, 0.1) is 17.2 Å². The summed E-state index contributed by atoms with van der Waals surface area (Å²) < 4.78 is 0. The lowest BCUT2D eigenvalue weighted by Crippen LogP contribution is -2.30. The van der Waals surface area contributed by atoms with Gasteiger partial charge in [-0.15, -0.1) is 0 Å². The Labute approximate surface area is 158 Å². The van der Waals surface area contributed by atoms with Crippen molar-refractivity contribution in [3.05, 3.63) is 65.0 Å². The van der Waals surface area contributed by atoms with E-state index >= 15 is 0 Å². The lowest BCUT2D eigenvalue weighted by atomic mass is 10.0. The van der Waals surface area contributed by atoms with Crippen molar-refractivity contribution in [2.45, 2.75) is 32.7 Å². The second-order valence-corrected chi connectivity index (χ2v) is 6.75. The van der Waals surface area contributed by atoms with Gasteiger partial charge in [0.2, 0.25) is 0 Å². The van der Waals surface area contributed by atoms with E-state index in [0.29, 0.717) is 23.2 Å². The van der Waals surface area contributed by atoms with Crippen molar-refractivity contribution in [3.63, 3.8) is 0 Å². The predicted molar refractivity (Wildman–Crippen MR) is 101 cm³/mol. The monoisotopic (exact) mass is 365 g/mol. The molecule has 0 N–H and O–H groups in total. The molecule has 1 atom stereocenters. The molecule has 2 aromatic rings. The summed E-state index contributed by atoms with van der Waals surface area (Å²) >= 11 is 0. The van der Waals surface area contributed by atoms with Crippen molar-refractivity contribution in [3.8, 4) is 0 Å². The molecule has 0 spiro atoms. The lowest BCUT2D eigenvalue weighted by Gasteiger charge is -2.25. The molecule has 1 aliphatic rings. The summed E-state index contributed by atoms with van der Waals surface area (Å²) in [7, 11) is 1.72. The molecule has 0 bridgehead atoms. The number of aromatic nitrogens is 1. The van der Waals surface area contributed by atoms with Crippen LogP contribution in [0.15, 0.2) is 42.7 Å². The summed E-state index contributed by atoms with van der Waals surface area (Å²) in [5.74, 6) is -0.793. The molecule has 2 heterocycles. The van der Waals surface area contributed by atoms with Gasteiger partial charge in [-0.3, -0.25) is 24.3 Å². The number of carbonyl (C=O) groups is 3. The van der Waals surface area contributed by atoms with Gasteiger partial charge < -0.3 is 4.90 Å². The maximum absolute atomic E-state index is 12.9. The van der Waals surface area contributed by atoms with E-state index in [-0.39, 0.29) is 23.8 Å². The largest absolute Gasteiger partial charge is 0.335 e. The standard InChI is InChI=1S/C21H23N3O3/c1-4-5-12-24-20(26)17-7-6-16(13-18(17)21(24)27)19(25)23(3)14(2)15-8-10-22-11-9-15/h6-11,13-14H,4-5,12H2,1-3H3. The molecule has 6 nitrogen and oxygen atoms in total. The summed E-state index contributed by atoms with van der Waals surface area (Å²) in [5, 5.41) is 0. The molecule has 0 radical (unpaired) electrons. The molecule has 0 saturated carbocycles. The molecule has 0 aliphatic carbocycles. The first-order valence-electron chi connectivity index (χ1n) is 9.13. The maximum Gasteiger partial charge on any atom is 0.261 e. The summed E-state index contributed by atoms with van der Waals surface area (Å²) in [4.78, 5) is 44.8. The Bertz CT molecular complexity index is 879. The average Bonchev–Trinajstić information content (AvgIpc) is 2.95. The number of nitrogens with zero attached hydrogens (tertiary/aromatic N) is 3. The number of amides is 3. The van der Waals surface area contributed by atoms with E-state index in [1.54, 1.807) is 42.5 Å². The fourth-order valence-electron chi connectivity index (χ4n) is 3.19. The van der Waals surface area contributed by atoms with E-state index in [0.717, 1.165) is 18.4 Å². The Balaban J connectivity index is 1.83. The van der Waals surface area contributed by atoms with Gasteiger partial charge in [-0.2, -0.15) is 0 Å². The van der Waals surface area contributed by atoms with Gasteiger partial charge in [0.1, 0.15) is 0 Å². The fraction of sp³-hybridized carbons (Fsp3) is 0.333. The van der Waals surface area contributed by atoms with E-state index in [1.807, 2.05) is 26.0 Å².